The lowest BCUT2D eigenvalue weighted by Gasteiger charge is -2.23. The van der Waals surface area contributed by atoms with Crippen molar-refractivity contribution in [3.63, 3.8) is 0 Å². The van der Waals surface area contributed by atoms with Gasteiger partial charge in [0.05, 0.1) is 6.10 Å². The highest BCUT2D eigenvalue weighted by atomic mass is 35.5. The number of carbonyl (C=O) groups is 1. The summed E-state index contributed by atoms with van der Waals surface area (Å²) in [6.07, 6.45) is 2.27. The van der Waals surface area contributed by atoms with Crippen LogP contribution in [0.15, 0.2) is 29.6 Å². The maximum absolute atomic E-state index is 12.3. The Balaban J connectivity index is 0.00000225. The molecule has 25 heavy (non-hydrogen) atoms. The quantitative estimate of drug-likeness (QED) is 0.832. The van der Waals surface area contributed by atoms with Gasteiger partial charge in [-0.05, 0) is 57.5 Å². The third-order valence-corrected chi connectivity index (χ3v) is 4.73. The number of amides is 1. The van der Waals surface area contributed by atoms with Crippen LogP contribution in [0, 0.1) is 0 Å². The predicted molar refractivity (Wildman–Crippen MR) is 104 cm³/mol. The van der Waals surface area contributed by atoms with Gasteiger partial charge >= 0.3 is 0 Å². The molecule has 1 saturated heterocycles. The van der Waals surface area contributed by atoms with Gasteiger partial charge in [0, 0.05) is 23.5 Å². The highest BCUT2D eigenvalue weighted by molar-refractivity contribution is 7.13. The fourth-order valence-electron chi connectivity index (χ4n) is 2.69. The van der Waals surface area contributed by atoms with E-state index in [4.69, 9.17) is 4.74 Å². The van der Waals surface area contributed by atoms with Crippen molar-refractivity contribution in [2.24, 2.45) is 0 Å². The van der Waals surface area contributed by atoms with Crippen molar-refractivity contribution in [2.45, 2.75) is 38.8 Å². The van der Waals surface area contributed by atoms with E-state index in [1.54, 1.807) is 0 Å². The number of piperidine rings is 1. The lowest BCUT2D eigenvalue weighted by molar-refractivity contribution is 0.0926. The Morgan fingerprint density at radius 1 is 1.36 bits per heavy atom. The first-order valence-electron chi connectivity index (χ1n) is 8.36. The molecule has 1 amide bonds. The Morgan fingerprint density at radius 2 is 2.12 bits per heavy atom. The highest BCUT2D eigenvalue weighted by Gasteiger charge is 2.18. The summed E-state index contributed by atoms with van der Waals surface area (Å²) < 4.78 is 5.65. The van der Waals surface area contributed by atoms with Gasteiger partial charge in [-0.2, -0.15) is 0 Å². The first-order valence-corrected chi connectivity index (χ1v) is 9.24. The van der Waals surface area contributed by atoms with Crippen LogP contribution in [0.3, 0.4) is 0 Å². The van der Waals surface area contributed by atoms with Gasteiger partial charge in [0.15, 0.2) is 0 Å². The Bertz CT molecular complexity index is 682. The number of nitrogens with zero attached hydrogens (tertiary/aromatic N) is 1. The minimum atomic E-state index is -0.0917. The summed E-state index contributed by atoms with van der Waals surface area (Å²) in [4.78, 5) is 16.8. The Labute approximate surface area is 158 Å². The molecule has 1 atom stereocenters. The number of halogens is 1. The van der Waals surface area contributed by atoms with Crippen LogP contribution < -0.4 is 15.4 Å². The number of ether oxygens (including phenoxy) is 1. The van der Waals surface area contributed by atoms with Crippen molar-refractivity contribution in [1.82, 2.24) is 15.6 Å². The van der Waals surface area contributed by atoms with E-state index < -0.39 is 0 Å². The molecule has 1 aliphatic rings. The van der Waals surface area contributed by atoms with Crippen molar-refractivity contribution in [3.8, 4) is 16.3 Å². The van der Waals surface area contributed by atoms with Crippen LogP contribution in [0.25, 0.3) is 10.6 Å². The largest absolute Gasteiger partial charge is 0.491 e. The maximum atomic E-state index is 12.3. The van der Waals surface area contributed by atoms with Crippen LogP contribution >= 0.6 is 23.7 Å². The smallest absolute Gasteiger partial charge is 0.271 e. The summed E-state index contributed by atoms with van der Waals surface area (Å²) >= 11 is 1.48. The fraction of sp³-hybridized carbons (Fsp3) is 0.444. The molecule has 0 spiro atoms. The summed E-state index contributed by atoms with van der Waals surface area (Å²) in [5.41, 5.74) is 1.48. The van der Waals surface area contributed by atoms with Crippen LogP contribution in [0.4, 0.5) is 0 Å². The summed E-state index contributed by atoms with van der Waals surface area (Å²) in [5, 5.41) is 9.01. The molecule has 1 aromatic heterocycles. The van der Waals surface area contributed by atoms with Crippen LogP contribution in [-0.2, 0) is 0 Å². The minimum absolute atomic E-state index is 0. The van der Waals surface area contributed by atoms with Crippen molar-refractivity contribution >= 4 is 29.7 Å². The Morgan fingerprint density at radius 3 is 2.76 bits per heavy atom. The van der Waals surface area contributed by atoms with Crippen molar-refractivity contribution in [3.05, 3.63) is 35.3 Å². The number of nitrogens with one attached hydrogen (secondary N) is 2. The van der Waals surface area contributed by atoms with Crippen LogP contribution in [-0.4, -0.2) is 36.1 Å². The Hall–Kier alpha value is -1.63. The van der Waals surface area contributed by atoms with E-state index in [1.165, 1.54) is 11.3 Å². The third-order valence-electron chi connectivity index (χ3n) is 3.84. The second-order valence-electron chi connectivity index (χ2n) is 6.25. The van der Waals surface area contributed by atoms with Gasteiger partial charge in [-0.15, -0.1) is 23.7 Å². The highest BCUT2D eigenvalue weighted by Crippen LogP contribution is 2.26. The zero-order valence-electron chi connectivity index (χ0n) is 14.5. The molecule has 7 heteroatoms. The third kappa shape index (κ3) is 5.42. The van der Waals surface area contributed by atoms with Gasteiger partial charge < -0.3 is 15.4 Å². The van der Waals surface area contributed by atoms with E-state index in [0.717, 1.165) is 42.3 Å². The molecular weight excluding hydrogens is 358 g/mol. The molecule has 5 nitrogen and oxygen atoms in total. The first-order chi connectivity index (χ1) is 11.6. The molecule has 1 fully saturated rings. The molecule has 3 rings (SSSR count). The molecule has 2 N–H and O–H groups in total. The summed E-state index contributed by atoms with van der Waals surface area (Å²) in [7, 11) is 0. The number of aromatic nitrogens is 1. The average molecular weight is 382 g/mol. The molecule has 136 valence electrons. The lowest BCUT2D eigenvalue weighted by Crippen LogP contribution is -2.45. The first kappa shape index (κ1) is 19.7. The molecule has 1 aromatic carbocycles. The fourth-order valence-corrected chi connectivity index (χ4v) is 3.50. The van der Waals surface area contributed by atoms with Crippen molar-refractivity contribution in [1.29, 1.82) is 0 Å². The van der Waals surface area contributed by atoms with Crippen molar-refractivity contribution in [2.75, 3.05) is 13.1 Å². The van der Waals surface area contributed by atoms with E-state index in [0.29, 0.717) is 5.69 Å². The van der Waals surface area contributed by atoms with Crippen LogP contribution in [0.2, 0.25) is 0 Å². The number of thiazole rings is 1. The maximum Gasteiger partial charge on any atom is 0.271 e. The molecule has 2 heterocycles. The molecule has 2 aromatic rings. The summed E-state index contributed by atoms with van der Waals surface area (Å²) in [6, 6.07) is 8.02. The predicted octanol–water partition coefficient (Wildman–Crippen LogP) is 3.50. The van der Waals surface area contributed by atoms with Gasteiger partial charge in [-0.25, -0.2) is 4.98 Å². The second kappa shape index (κ2) is 9.17. The monoisotopic (exact) mass is 381 g/mol. The van der Waals surface area contributed by atoms with Gasteiger partial charge in [0.1, 0.15) is 16.5 Å². The van der Waals surface area contributed by atoms with E-state index in [-0.39, 0.29) is 30.5 Å². The molecule has 0 bridgehead atoms. The van der Waals surface area contributed by atoms with E-state index >= 15 is 0 Å². The normalized spacial score (nSPS) is 17.0. The zero-order chi connectivity index (χ0) is 16.9. The zero-order valence-corrected chi connectivity index (χ0v) is 16.1. The number of hydrogen-bond donors (Lipinski definition) is 2. The van der Waals surface area contributed by atoms with Gasteiger partial charge in [-0.1, -0.05) is 0 Å². The molecular formula is C18H24ClN3O2S. The molecule has 0 aliphatic carbocycles. The molecule has 1 unspecified atom stereocenters. The van der Waals surface area contributed by atoms with E-state index in [1.807, 2.05) is 43.5 Å². The van der Waals surface area contributed by atoms with E-state index in [9.17, 15) is 4.79 Å². The Kier molecular flexibility index (Phi) is 7.23. The van der Waals surface area contributed by atoms with E-state index in [2.05, 4.69) is 15.6 Å². The van der Waals surface area contributed by atoms with Crippen molar-refractivity contribution < 1.29 is 9.53 Å². The number of benzene rings is 1. The SMILES string of the molecule is CC(C)Oc1ccc(-c2nc(C(=O)NC3CCCNC3)cs2)cc1.Cl. The van der Waals surface area contributed by atoms with Crippen LogP contribution in [0.5, 0.6) is 5.75 Å². The second-order valence-corrected chi connectivity index (χ2v) is 7.10. The number of hydrogen-bond acceptors (Lipinski definition) is 5. The number of carbonyl (C=O) groups excluding carboxylic acids is 1. The lowest BCUT2D eigenvalue weighted by atomic mass is 10.1. The standard InChI is InChI=1S/C18H23N3O2S.ClH/c1-12(2)23-15-7-5-13(6-8-15)18-21-16(11-24-18)17(22)20-14-4-3-9-19-10-14;/h5-8,11-12,14,19H,3-4,9-10H2,1-2H3,(H,20,22);1H. The summed E-state index contributed by atoms with van der Waals surface area (Å²) in [5.74, 6) is 0.749. The minimum Gasteiger partial charge on any atom is -0.491 e. The average Bonchev–Trinajstić information content (AvgIpc) is 3.06. The van der Waals surface area contributed by atoms with Gasteiger partial charge in [-0.3, -0.25) is 4.79 Å². The topological polar surface area (TPSA) is 63.2 Å². The molecule has 0 radical (unpaired) electrons. The van der Waals surface area contributed by atoms with Crippen LogP contribution in [0.1, 0.15) is 37.2 Å². The number of rotatable bonds is 5. The summed E-state index contributed by atoms with van der Waals surface area (Å²) in [6.45, 7) is 5.87. The van der Waals surface area contributed by atoms with Gasteiger partial charge in [0.25, 0.3) is 5.91 Å². The molecule has 0 saturated carbocycles. The van der Waals surface area contributed by atoms with Gasteiger partial charge in [0.2, 0.25) is 0 Å². The molecule has 1 aliphatic heterocycles.